The molecule has 0 aliphatic rings. The van der Waals surface area contributed by atoms with Crippen molar-refractivity contribution in [1.82, 2.24) is 0 Å². The molecule has 1 rings (SSSR count). The molecule has 1 aromatic carbocycles. The third kappa shape index (κ3) is 4.11. The fraction of sp³-hybridized carbons (Fsp3) is 0.455. The number of nitrogens with one attached hydrogen (secondary N) is 1. The number of rotatable bonds is 5. The zero-order valence-corrected chi connectivity index (χ0v) is 10.2. The number of hydrogen-bond acceptors (Lipinski definition) is 2. The second kappa shape index (κ2) is 6.04. The molecule has 0 radical (unpaired) electrons. The molecule has 0 unspecified atom stereocenters. The van der Waals surface area contributed by atoms with Gasteiger partial charge in [0, 0.05) is 16.7 Å². The summed E-state index contributed by atoms with van der Waals surface area (Å²) >= 11 is 3.47. The molecular weight excluding hydrogens is 242 g/mol. The molecule has 0 aromatic heterocycles. The van der Waals surface area contributed by atoms with Crippen LogP contribution in [0.2, 0.25) is 0 Å². The molecular formula is C11H16BrNO. The van der Waals surface area contributed by atoms with Crippen molar-refractivity contribution in [2.75, 3.05) is 18.5 Å². The predicted octanol–water partition coefficient (Wildman–Crippen LogP) is 3.29. The first-order chi connectivity index (χ1) is 6.70. The van der Waals surface area contributed by atoms with Crippen molar-refractivity contribution in [1.29, 1.82) is 0 Å². The van der Waals surface area contributed by atoms with Crippen molar-refractivity contribution < 1.29 is 4.74 Å². The Labute approximate surface area is 93.8 Å². The lowest BCUT2D eigenvalue weighted by Gasteiger charge is -2.10. The highest BCUT2D eigenvalue weighted by Gasteiger charge is 1.97. The lowest BCUT2D eigenvalue weighted by molar-refractivity contribution is 0.0870. The normalized spacial score (nSPS) is 10.6. The Morgan fingerprint density at radius 3 is 2.71 bits per heavy atom. The van der Waals surface area contributed by atoms with E-state index in [-0.39, 0.29) is 0 Å². The minimum Gasteiger partial charge on any atom is -0.382 e. The van der Waals surface area contributed by atoms with E-state index in [9.17, 15) is 0 Å². The van der Waals surface area contributed by atoms with E-state index in [2.05, 4.69) is 21.2 Å². The largest absolute Gasteiger partial charge is 0.382 e. The minimum absolute atomic E-state index is 0.302. The quantitative estimate of drug-likeness (QED) is 0.818. The molecule has 0 atom stereocenters. The molecule has 0 saturated heterocycles. The Morgan fingerprint density at radius 1 is 1.36 bits per heavy atom. The van der Waals surface area contributed by atoms with Gasteiger partial charge in [-0.2, -0.15) is 0 Å². The average Bonchev–Trinajstić information content (AvgIpc) is 2.15. The Hall–Kier alpha value is -0.540. The maximum absolute atomic E-state index is 5.43. The molecule has 0 saturated carbocycles. The summed E-state index contributed by atoms with van der Waals surface area (Å²) in [6.45, 7) is 5.65. The highest BCUT2D eigenvalue weighted by Crippen LogP contribution is 2.20. The van der Waals surface area contributed by atoms with Gasteiger partial charge in [-0.3, -0.25) is 0 Å². The third-order valence-corrected chi connectivity index (χ3v) is 2.43. The number of ether oxygens (including phenoxy) is 1. The van der Waals surface area contributed by atoms with Gasteiger partial charge in [-0.25, -0.2) is 0 Å². The third-order valence-electron chi connectivity index (χ3n) is 1.74. The van der Waals surface area contributed by atoms with Gasteiger partial charge in [0.05, 0.1) is 12.7 Å². The van der Waals surface area contributed by atoms with Gasteiger partial charge in [-0.1, -0.05) is 12.1 Å². The van der Waals surface area contributed by atoms with E-state index in [0.717, 1.165) is 23.3 Å². The second-order valence-electron chi connectivity index (χ2n) is 3.33. The Kier molecular flexibility index (Phi) is 4.98. The van der Waals surface area contributed by atoms with E-state index in [1.807, 2.05) is 38.1 Å². The number of hydrogen-bond donors (Lipinski definition) is 1. The molecule has 0 aliphatic carbocycles. The zero-order chi connectivity index (χ0) is 10.4. The monoisotopic (exact) mass is 257 g/mol. The maximum Gasteiger partial charge on any atom is 0.0642 e. The van der Waals surface area contributed by atoms with Gasteiger partial charge in [0.15, 0.2) is 0 Å². The van der Waals surface area contributed by atoms with E-state index in [1.54, 1.807) is 0 Å². The summed E-state index contributed by atoms with van der Waals surface area (Å²) in [6.07, 6.45) is 0.302. The summed E-state index contributed by atoms with van der Waals surface area (Å²) in [5, 5.41) is 3.30. The van der Waals surface area contributed by atoms with Gasteiger partial charge in [0.25, 0.3) is 0 Å². The summed E-state index contributed by atoms with van der Waals surface area (Å²) < 4.78 is 6.51. The van der Waals surface area contributed by atoms with Gasteiger partial charge in [0.2, 0.25) is 0 Å². The van der Waals surface area contributed by atoms with E-state index >= 15 is 0 Å². The van der Waals surface area contributed by atoms with Crippen molar-refractivity contribution in [2.45, 2.75) is 20.0 Å². The second-order valence-corrected chi connectivity index (χ2v) is 4.18. The highest BCUT2D eigenvalue weighted by molar-refractivity contribution is 9.10. The van der Waals surface area contributed by atoms with E-state index < -0.39 is 0 Å². The van der Waals surface area contributed by atoms with Gasteiger partial charge < -0.3 is 10.1 Å². The maximum atomic E-state index is 5.43. The first kappa shape index (κ1) is 11.5. The SMILES string of the molecule is CC(C)OCCNc1ccccc1Br. The summed E-state index contributed by atoms with van der Waals surface area (Å²) in [5.41, 5.74) is 1.11. The van der Waals surface area contributed by atoms with Crippen LogP contribution in [0.25, 0.3) is 0 Å². The Balaban J connectivity index is 2.28. The molecule has 0 bridgehead atoms. The number of halogens is 1. The lowest BCUT2D eigenvalue weighted by atomic mass is 10.3. The highest BCUT2D eigenvalue weighted by atomic mass is 79.9. The lowest BCUT2D eigenvalue weighted by Crippen LogP contribution is -2.13. The van der Waals surface area contributed by atoms with Gasteiger partial charge in [-0.05, 0) is 41.9 Å². The summed E-state index contributed by atoms with van der Waals surface area (Å²) in [6, 6.07) is 8.07. The number of anilines is 1. The van der Waals surface area contributed by atoms with Crippen molar-refractivity contribution >= 4 is 21.6 Å². The molecule has 3 heteroatoms. The molecule has 1 aromatic rings. The molecule has 78 valence electrons. The van der Waals surface area contributed by atoms with Crippen molar-refractivity contribution in [3.63, 3.8) is 0 Å². The first-order valence-electron chi connectivity index (χ1n) is 4.80. The standard InChI is InChI=1S/C11H16BrNO/c1-9(2)14-8-7-13-11-6-4-3-5-10(11)12/h3-6,9,13H,7-8H2,1-2H3. The fourth-order valence-electron chi connectivity index (χ4n) is 1.08. The van der Waals surface area contributed by atoms with Crippen molar-refractivity contribution in [3.05, 3.63) is 28.7 Å². The molecule has 0 heterocycles. The molecule has 0 spiro atoms. The summed E-state index contributed by atoms with van der Waals surface area (Å²) in [7, 11) is 0. The Bertz CT molecular complexity index is 276. The van der Waals surface area contributed by atoms with Crippen LogP contribution in [0.15, 0.2) is 28.7 Å². The van der Waals surface area contributed by atoms with Crippen LogP contribution in [0.3, 0.4) is 0 Å². The topological polar surface area (TPSA) is 21.3 Å². The molecule has 14 heavy (non-hydrogen) atoms. The summed E-state index contributed by atoms with van der Waals surface area (Å²) in [4.78, 5) is 0. The minimum atomic E-state index is 0.302. The zero-order valence-electron chi connectivity index (χ0n) is 8.59. The van der Waals surface area contributed by atoms with Crippen LogP contribution in [0.1, 0.15) is 13.8 Å². The molecule has 2 nitrogen and oxygen atoms in total. The number of para-hydroxylation sites is 1. The fourth-order valence-corrected chi connectivity index (χ4v) is 1.51. The van der Waals surface area contributed by atoms with Crippen LogP contribution < -0.4 is 5.32 Å². The molecule has 1 N–H and O–H groups in total. The Morgan fingerprint density at radius 2 is 2.07 bits per heavy atom. The van der Waals surface area contributed by atoms with Crippen LogP contribution in [-0.2, 0) is 4.74 Å². The van der Waals surface area contributed by atoms with Crippen LogP contribution >= 0.6 is 15.9 Å². The van der Waals surface area contributed by atoms with Crippen molar-refractivity contribution in [2.24, 2.45) is 0 Å². The van der Waals surface area contributed by atoms with Crippen molar-refractivity contribution in [3.8, 4) is 0 Å². The van der Waals surface area contributed by atoms with E-state index in [1.165, 1.54) is 0 Å². The van der Waals surface area contributed by atoms with Crippen LogP contribution in [-0.4, -0.2) is 19.3 Å². The van der Waals surface area contributed by atoms with E-state index in [0.29, 0.717) is 6.10 Å². The summed E-state index contributed by atoms with van der Waals surface area (Å²) in [5.74, 6) is 0. The smallest absolute Gasteiger partial charge is 0.0642 e. The average molecular weight is 258 g/mol. The van der Waals surface area contributed by atoms with Gasteiger partial charge >= 0.3 is 0 Å². The molecule has 0 amide bonds. The van der Waals surface area contributed by atoms with Crippen LogP contribution in [0, 0.1) is 0 Å². The molecule has 0 fully saturated rings. The molecule has 0 aliphatic heterocycles. The van der Waals surface area contributed by atoms with Crippen LogP contribution in [0.5, 0.6) is 0 Å². The van der Waals surface area contributed by atoms with Gasteiger partial charge in [0.1, 0.15) is 0 Å². The van der Waals surface area contributed by atoms with Gasteiger partial charge in [-0.15, -0.1) is 0 Å². The van der Waals surface area contributed by atoms with E-state index in [4.69, 9.17) is 4.74 Å². The predicted molar refractivity (Wildman–Crippen MR) is 63.7 cm³/mol. The van der Waals surface area contributed by atoms with Crippen LogP contribution in [0.4, 0.5) is 5.69 Å². The number of benzene rings is 1. The first-order valence-corrected chi connectivity index (χ1v) is 5.59.